The molecular weight excluding hydrogens is 404 g/mol. The Labute approximate surface area is 193 Å². The lowest BCUT2D eigenvalue weighted by Gasteiger charge is -2.28. The quantitative estimate of drug-likeness (QED) is 0.404. The number of rotatable bonds is 6. The van der Waals surface area contributed by atoms with Crippen LogP contribution in [0.3, 0.4) is 0 Å². The third-order valence-corrected chi connectivity index (χ3v) is 6.68. The molecule has 0 atom stereocenters. The molecule has 3 nitrogen and oxygen atoms in total. The fourth-order valence-corrected chi connectivity index (χ4v) is 4.68. The van der Waals surface area contributed by atoms with Gasteiger partial charge in [0.2, 0.25) is 0 Å². The van der Waals surface area contributed by atoms with E-state index in [1.165, 1.54) is 0 Å². The van der Waals surface area contributed by atoms with Crippen molar-refractivity contribution >= 4 is 18.4 Å². The third-order valence-electron chi connectivity index (χ3n) is 6.34. The van der Waals surface area contributed by atoms with E-state index in [-0.39, 0.29) is 22.0 Å². The Balaban J connectivity index is 2.01. The first-order chi connectivity index (χ1) is 14.3. The summed E-state index contributed by atoms with van der Waals surface area (Å²) in [6.45, 7) is 15.8. The van der Waals surface area contributed by atoms with Crippen molar-refractivity contribution in [3.63, 3.8) is 0 Å². The zero-order valence-electron chi connectivity index (χ0n) is 20.2. The number of ether oxygens (including phenoxy) is 2. The molecule has 0 unspecified atom stereocenters. The van der Waals surface area contributed by atoms with E-state index in [0.29, 0.717) is 18.8 Å². The molecule has 0 amide bonds. The Bertz CT molecular complexity index is 996. The predicted octanol–water partition coefficient (Wildman–Crippen LogP) is 6.64. The van der Waals surface area contributed by atoms with Gasteiger partial charge in [-0.25, -0.2) is 0 Å². The molecule has 0 spiro atoms. The first kappa shape index (κ1) is 23.7. The van der Waals surface area contributed by atoms with Crippen LogP contribution in [-0.4, -0.2) is 19.5 Å². The molecule has 0 fully saturated rings. The van der Waals surface area contributed by atoms with Crippen LogP contribution in [0.1, 0.15) is 87.5 Å². The highest BCUT2D eigenvalue weighted by atomic mass is 32.1. The van der Waals surface area contributed by atoms with Gasteiger partial charge in [-0.3, -0.25) is 4.79 Å². The fourth-order valence-electron chi connectivity index (χ4n) is 4.42. The van der Waals surface area contributed by atoms with E-state index >= 15 is 0 Å². The molecular formula is C27H36O3S. The normalized spacial score (nSPS) is 15.4. The maximum atomic E-state index is 13.6. The Morgan fingerprint density at radius 2 is 1.77 bits per heavy atom. The Kier molecular flexibility index (Phi) is 6.27. The van der Waals surface area contributed by atoms with Gasteiger partial charge in [0.05, 0.1) is 13.7 Å². The summed E-state index contributed by atoms with van der Waals surface area (Å²) in [6.07, 6.45) is 0.420. The van der Waals surface area contributed by atoms with E-state index in [1.54, 1.807) is 7.11 Å². The van der Waals surface area contributed by atoms with Crippen molar-refractivity contribution in [3.8, 4) is 11.5 Å². The van der Waals surface area contributed by atoms with Gasteiger partial charge in [-0.05, 0) is 46.2 Å². The molecule has 0 radical (unpaired) electrons. The number of carbonyl (C=O) groups is 1. The number of hydrogen-bond acceptors (Lipinski definition) is 4. The van der Waals surface area contributed by atoms with Crippen LogP contribution in [0.25, 0.3) is 0 Å². The summed E-state index contributed by atoms with van der Waals surface area (Å²) >= 11 is 4.51. The summed E-state index contributed by atoms with van der Waals surface area (Å²) in [7, 11) is 1.66. The molecule has 31 heavy (non-hydrogen) atoms. The largest absolute Gasteiger partial charge is 0.497 e. The van der Waals surface area contributed by atoms with Crippen LogP contribution >= 0.6 is 12.6 Å². The van der Waals surface area contributed by atoms with Gasteiger partial charge in [-0.15, -0.1) is 0 Å². The van der Waals surface area contributed by atoms with Crippen LogP contribution in [0.4, 0.5) is 0 Å². The SMILES string of the molecule is COc1ccc(C(C)(C)CC(=O)c2cc(C(C)(C)C)c3c(c2)C(C)(C)CO3)c(CS)c1. The van der Waals surface area contributed by atoms with Crippen LogP contribution in [0.15, 0.2) is 30.3 Å². The molecule has 1 aliphatic rings. The third kappa shape index (κ3) is 4.64. The molecule has 0 saturated carbocycles. The molecule has 1 heterocycles. The van der Waals surface area contributed by atoms with E-state index in [1.807, 2.05) is 18.2 Å². The molecule has 0 aromatic heterocycles. The van der Waals surface area contributed by atoms with Crippen molar-refractivity contribution < 1.29 is 14.3 Å². The molecule has 0 N–H and O–H groups in total. The van der Waals surface area contributed by atoms with Gasteiger partial charge < -0.3 is 9.47 Å². The van der Waals surface area contributed by atoms with Crippen LogP contribution in [0.2, 0.25) is 0 Å². The number of carbonyl (C=O) groups excluding carboxylic acids is 1. The number of hydrogen-bond donors (Lipinski definition) is 1. The molecule has 2 aromatic rings. The molecule has 1 aliphatic heterocycles. The second-order valence-electron chi connectivity index (χ2n) is 11.0. The van der Waals surface area contributed by atoms with Crippen molar-refractivity contribution in [2.24, 2.45) is 0 Å². The highest BCUT2D eigenvalue weighted by Gasteiger charge is 2.37. The first-order valence-corrected chi connectivity index (χ1v) is 11.6. The van der Waals surface area contributed by atoms with Gasteiger partial charge in [0.25, 0.3) is 0 Å². The monoisotopic (exact) mass is 440 g/mol. The maximum absolute atomic E-state index is 13.6. The van der Waals surface area contributed by atoms with Gasteiger partial charge in [-0.2, -0.15) is 12.6 Å². The maximum Gasteiger partial charge on any atom is 0.163 e. The minimum Gasteiger partial charge on any atom is -0.497 e. The van der Waals surface area contributed by atoms with Crippen molar-refractivity contribution in [1.29, 1.82) is 0 Å². The van der Waals surface area contributed by atoms with Gasteiger partial charge >= 0.3 is 0 Å². The van der Waals surface area contributed by atoms with E-state index < -0.39 is 0 Å². The second-order valence-corrected chi connectivity index (χ2v) is 11.3. The standard InChI is InChI=1S/C27H36O3S/c1-25(2,3)21-12-17(13-22-24(21)30-16-27(22,6)7)23(28)14-26(4,5)20-10-9-19(29-8)11-18(20)15-31/h9-13,31H,14-16H2,1-8H3. The summed E-state index contributed by atoms with van der Waals surface area (Å²) in [6, 6.07) is 10.1. The summed E-state index contributed by atoms with van der Waals surface area (Å²) in [5.74, 6) is 2.52. The van der Waals surface area contributed by atoms with Gasteiger partial charge in [0, 0.05) is 34.3 Å². The Morgan fingerprint density at radius 1 is 1.10 bits per heavy atom. The number of Topliss-reactive ketones (excluding diaryl/α,β-unsaturated/α-hetero) is 1. The molecule has 3 rings (SSSR count). The highest BCUT2D eigenvalue weighted by Crippen LogP contribution is 2.46. The van der Waals surface area contributed by atoms with Crippen molar-refractivity contribution in [2.45, 2.75) is 76.9 Å². The smallest absolute Gasteiger partial charge is 0.163 e. The zero-order chi connectivity index (χ0) is 23.2. The fraction of sp³-hybridized carbons (Fsp3) is 0.519. The van der Waals surface area contributed by atoms with E-state index in [9.17, 15) is 4.79 Å². The summed E-state index contributed by atoms with van der Waals surface area (Å²) in [5.41, 5.74) is 4.72. The lowest BCUT2D eigenvalue weighted by atomic mass is 9.75. The highest BCUT2D eigenvalue weighted by molar-refractivity contribution is 7.79. The van der Waals surface area contributed by atoms with Crippen molar-refractivity contribution in [3.05, 3.63) is 58.1 Å². The lowest BCUT2D eigenvalue weighted by Crippen LogP contribution is -2.24. The minimum absolute atomic E-state index is 0.101. The number of thiol groups is 1. The lowest BCUT2D eigenvalue weighted by molar-refractivity contribution is 0.0957. The Morgan fingerprint density at radius 3 is 2.35 bits per heavy atom. The summed E-state index contributed by atoms with van der Waals surface area (Å²) in [4.78, 5) is 13.6. The number of ketones is 1. The Hall–Kier alpha value is -1.94. The number of benzene rings is 2. The van der Waals surface area contributed by atoms with Crippen LogP contribution in [0.5, 0.6) is 11.5 Å². The molecule has 0 bridgehead atoms. The van der Waals surface area contributed by atoms with Crippen LogP contribution in [0, 0.1) is 0 Å². The zero-order valence-corrected chi connectivity index (χ0v) is 21.1. The molecule has 4 heteroatoms. The van der Waals surface area contributed by atoms with Gasteiger partial charge in [0.1, 0.15) is 11.5 Å². The predicted molar refractivity (Wildman–Crippen MR) is 131 cm³/mol. The topological polar surface area (TPSA) is 35.5 Å². The molecule has 0 aliphatic carbocycles. The average Bonchev–Trinajstić information content (AvgIpc) is 3.00. The van der Waals surface area contributed by atoms with Crippen LogP contribution in [-0.2, 0) is 22.0 Å². The second kappa shape index (κ2) is 8.20. The number of fused-ring (bicyclic) bond motifs is 1. The van der Waals surface area contributed by atoms with Gasteiger partial charge in [-0.1, -0.05) is 54.5 Å². The van der Waals surface area contributed by atoms with E-state index in [4.69, 9.17) is 9.47 Å². The van der Waals surface area contributed by atoms with Crippen molar-refractivity contribution in [1.82, 2.24) is 0 Å². The van der Waals surface area contributed by atoms with Crippen molar-refractivity contribution in [2.75, 3.05) is 13.7 Å². The molecule has 0 saturated heterocycles. The summed E-state index contributed by atoms with van der Waals surface area (Å²) < 4.78 is 11.5. The van der Waals surface area contributed by atoms with Crippen LogP contribution < -0.4 is 9.47 Å². The molecule has 168 valence electrons. The van der Waals surface area contributed by atoms with E-state index in [0.717, 1.165) is 39.3 Å². The summed E-state index contributed by atoms with van der Waals surface area (Å²) in [5, 5.41) is 0. The molecule has 2 aromatic carbocycles. The van der Waals surface area contributed by atoms with Gasteiger partial charge in [0.15, 0.2) is 5.78 Å². The van der Waals surface area contributed by atoms with E-state index in [2.05, 4.69) is 73.2 Å². The minimum atomic E-state index is -0.325. The average molecular weight is 441 g/mol. The first-order valence-electron chi connectivity index (χ1n) is 10.9. The number of methoxy groups -OCH3 is 1.